The summed E-state index contributed by atoms with van der Waals surface area (Å²) in [6.45, 7) is 7.38. The van der Waals surface area contributed by atoms with Gasteiger partial charge in [0.05, 0.1) is 0 Å². The molecule has 2 heterocycles. The van der Waals surface area contributed by atoms with E-state index in [9.17, 15) is 4.79 Å². The first-order chi connectivity index (χ1) is 9.58. The molecular weight excluding hydrogens is 248 g/mol. The van der Waals surface area contributed by atoms with Gasteiger partial charge in [0.25, 0.3) is 5.91 Å². The van der Waals surface area contributed by atoms with Crippen LogP contribution in [0.1, 0.15) is 42.6 Å². The Balaban J connectivity index is 1.75. The van der Waals surface area contributed by atoms with Crippen molar-refractivity contribution < 1.29 is 4.79 Å². The highest BCUT2D eigenvalue weighted by atomic mass is 16.2. The predicted molar refractivity (Wildman–Crippen MR) is 80.9 cm³/mol. The summed E-state index contributed by atoms with van der Waals surface area (Å²) in [5.41, 5.74) is 2.37. The summed E-state index contributed by atoms with van der Waals surface area (Å²) in [5.74, 6) is 0.204. The van der Waals surface area contributed by atoms with Gasteiger partial charge < -0.3 is 10.2 Å². The maximum Gasteiger partial charge on any atom is 0.254 e. The topological polar surface area (TPSA) is 32.3 Å². The molecule has 0 aliphatic carbocycles. The number of hydrogen-bond donors (Lipinski definition) is 1. The molecule has 20 heavy (non-hydrogen) atoms. The molecule has 1 aromatic carbocycles. The molecule has 1 unspecified atom stereocenters. The van der Waals surface area contributed by atoms with Gasteiger partial charge in [0.1, 0.15) is 0 Å². The number of nitrogens with zero attached hydrogens (tertiary/aromatic N) is 1. The second-order valence-electron chi connectivity index (χ2n) is 6.76. The van der Waals surface area contributed by atoms with Crippen molar-refractivity contribution in [3.63, 3.8) is 0 Å². The van der Waals surface area contributed by atoms with E-state index in [1.54, 1.807) is 0 Å². The molecule has 0 bridgehead atoms. The van der Waals surface area contributed by atoms with E-state index in [1.165, 1.54) is 18.4 Å². The molecule has 3 heteroatoms. The second-order valence-corrected chi connectivity index (χ2v) is 6.76. The van der Waals surface area contributed by atoms with Crippen LogP contribution >= 0.6 is 0 Å². The fourth-order valence-corrected chi connectivity index (χ4v) is 3.45. The number of hydrogen-bond acceptors (Lipinski definition) is 2. The standard InChI is InChI=1S/C17H24N2O/c1-17(2)9-5-10-18-15(17)12-19-11-8-13-6-3-4-7-14(13)16(19)20/h3-4,6-7,15,18H,5,8-12H2,1-2H3. The number of fused-ring (bicyclic) bond motifs is 1. The predicted octanol–water partition coefficient (Wildman–Crippen LogP) is 2.46. The van der Waals surface area contributed by atoms with E-state index < -0.39 is 0 Å². The minimum Gasteiger partial charge on any atom is -0.337 e. The molecule has 1 N–H and O–H groups in total. The molecule has 1 fully saturated rings. The first-order valence-electron chi connectivity index (χ1n) is 7.68. The van der Waals surface area contributed by atoms with Crippen molar-refractivity contribution in [2.75, 3.05) is 19.6 Å². The smallest absolute Gasteiger partial charge is 0.254 e. The van der Waals surface area contributed by atoms with Crippen LogP contribution < -0.4 is 5.32 Å². The highest BCUT2D eigenvalue weighted by molar-refractivity contribution is 5.96. The van der Waals surface area contributed by atoms with Gasteiger partial charge in [0.2, 0.25) is 0 Å². The minimum absolute atomic E-state index is 0.204. The summed E-state index contributed by atoms with van der Waals surface area (Å²) < 4.78 is 0. The van der Waals surface area contributed by atoms with Gasteiger partial charge in [-0.1, -0.05) is 32.0 Å². The molecule has 3 rings (SSSR count). The molecule has 0 saturated carbocycles. The van der Waals surface area contributed by atoms with E-state index in [0.29, 0.717) is 6.04 Å². The van der Waals surface area contributed by atoms with Crippen LogP contribution in [0.2, 0.25) is 0 Å². The van der Waals surface area contributed by atoms with Crippen LogP contribution in [0.4, 0.5) is 0 Å². The van der Waals surface area contributed by atoms with E-state index in [2.05, 4.69) is 25.2 Å². The van der Waals surface area contributed by atoms with E-state index in [4.69, 9.17) is 0 Å². The summed E-state index contributed by atoms with van der Waals surface area (Å²) in [6, 6.07) is 8.43. The van der Waals surface area contributed by atoms with Crippen molar-refractivity contribution >= 4 is 5.91 Å². The minimum atomic E-state index is 0.204. The van der Waals surface area contributed by atoms with Gasteiger partial charge >= 0.3 is 0 Å². The van der Waals surface area contributed by atoms with Gasteiger partial charge in [0.15, 0.2) is 0 Å². The summed E-state index contributed by atoms with van der Waals surface area (Å²) in [7, 11) is 0. The lowest BCUT2D eigenvalue weighted by Crippen LogP contribution is -2.54. The van der Waals surface area contributed by atoms with Crippen LogP contribution in [0.15, 0.2) is 24.3 Å². The summed E-state index contributed by atoms with van der Waals surface area (Å²) in [6.07, 6.45) is 3.46. The lowest BCUT2D eigenvalue weighted by Gasteiger charge is -2.42. The molecular formula is C17H24N2O. The SMILES string of the molecule is CC1(C)CCCNC1CN1CCc2ccccc2C1=O. The number of carbonyl (C=O) groups is 1. The summed E-state index contributed by atoms with van der Waals surface area (Å²) >= 11 is 0. The van der Waals surface area contributed by atoms with Crippen LogP contribution in [0.3, 0.4) is 0 Å². The van der Waals surface area contributed by atoms with Gasteiger partial charge in [-0.05, 0) is 42.9 Å². The van der Waals surface area contributed by atoms with Crippen LogP contribution in [0, 0.1) is 5.41 Å². The number of nitrogens with one attached hydrogen (secondary N) is 1. The van der Waals surface area contributed by atoms with Crippen molar-refractivity contribution in [2.45, 2.75) is 39.2 Å². The number of rotatable bonds is 2. The normalized spacial score (nSPS) is 25.4. The summed E-state index contributed by atoms with van der Waals surface area (Å²) in [5, 5.41) is 3.61. The third kappa shape index (κ3) is 2.47. The fraction of sp³-hybridized carbons (Fsp3) is 0.588. The van der Waals surface area contributed by atoms with Crippen LogP contribution in [0.5, 0.6) is 0 Å². The zero-order valence-electron chi connectivity index (χ0n) is 12.5. The van der Waals surface area contributed by atoms with E-state index in [1.807, 2.05) is 23.1 Å². The molecule has 2 aliphatic rings. The summed E-state index contributed by atoms with van der Waals surface area (Å²) in [4.78, 5) is 14.6. The Morgan fingerprint density at radius 3 is 2.95 bits per heavy atom. The van der Waals surface area contributed by atoms with Gasteiger partial charge in [-0.2, -0.15) is 0 Å². The van der Waals surface area contributed by atoms with Crippen LogP contribution in [0.25, 0.3) is 0 Å². The van der Waals surface area contributed by atoms with Crippen molar-refractivity contribution in [3.05, 3.63) is 35.4 Å². The lowest BCUT2D eigenvalue weighted by molar-refractivity contribution is 0.0647. The molecule has 2 aliphatic heterocycles. The van der Waals surface area contributed by atoms with Gasteiger partial charge in [-0.3, -0.25) is 4.79 Å². The first kappa shape index (κ1) is 13.6. The highest BCUT2D eigenvalue weighted by Crippen LogP contribution is 2.31. The van der Waals surface area contributed by atoms with Gasteiger partial charge in [0, 0.05) is 24.7 Å². The van der Waals surface area contributed by atoms with Crippen molar-refractivity contribution in [3.8, 4) is 0 Å². The number of piperidine rings is 1. The van der Waals surface area contributed by atoms with Crippen molar-refractivity contribution in [1.29, 1.82) is 0 Å². The molecule has 3 nitrogen and oxygen atoms in total. The average Bonchev–Trinajstić information content (AvgIpc) is 2.44. The largest absolute Gasteiger partial charge is 0.337 e. The van der Waals surface area contributed by atoms with Crippen molar-refractivity contribution in [2.24, 2.45) is 5.41 Å². The fourth-order valence-electron chi connectivity index (χ4n) is 3.45. The Kier molecular flexibility index (Phi) is 3.55. The molecule has 1 aromatic rings. The Labute approximate surface area is 121 Å². The van der Waals surface area contributed by atoms with Crippen molar-refractivity contribution in [1.82, 2.24) is 10.2 Å². The Bertz CT molecular complexity index is 509. The van der Waals surface area contributed by atoms with Crippen LogP contribution in [-0.2, 0) is 6.42 Å². The second kappa shape index (κ2) is 5.21. The van der Waals surface area contributed by atoms with E-state index in [0.717, 1.165) is 31.6 Å². The third-order valence-corrected chi connectivity index (χ3v) is 4.92. The Morgan fingerprint density at radius 1 is 1.35 bits per heavy atom. The van der Waals surface area contributed by atoms with E-state index in [-0.39, 0.29) is 11.3 Å². The molecule has 1 atom stereocenters. The molecule has 108 valence electrons. The lowest BCUT2D eigenvalue weighted by atomic mass is 9.77. The maximum atomic E-state index is 12.6. The molecule has 1 saturated heterocycles. The molecule has 1 amide bonds. The number of benzene rings is 1. The molecule has 0 aromatic heterocycles. The van der Waals surface area contributed by atoms with Gasteiger partial charge in [-0.15, -0.1) is 0 Å². The zero-order chi connectivity index (χ0) is 14.2. The quantitative estimate of drug-likeness (QED) is 0.897. The number of carbonyl (C=O) groups excluding carboxylic acids is 1. The Morgan fingerprint density at radius 2 is 2.15 bits per heavy atom. The molecule has 0 spiro atoms. The average molecular weight is 272 g/mol. The zero-order valence-corrected chi connectivity index (χ0v) is 12.5. The highest BCUT2D eigenvalue weighted by Gasteiger charge is 2.35. The number of amides is 1. The Hall–Kier alpha value is -1.35. The maximum absolute atomic E-state index is 12.6. The third-order valence-electron chi connectivity index (χ3n) is 4.92. The first-order valence-corrected chi connectivity index (χ1v) is 7.68. The molecule has 0 radical (unpaired) electrons. The van der Waals surface area contributed by atoms with Crippen LogP contribution in [-0.4, -0.2) is 36.5 Å². The van der Waals surface area contributed by atoms with E-state index >= 15 is 0 Å². The van der Waals surface area contributed by atoms with Gasteiger partial charge in [-0.25, -0.2) is 0 Å². The monoisotopic (exact) mass is 272 g/mol.